The molecular weight excluding hydrogens is 330 g/mol. The van der Waals surface area contributed by atoms with Gasteiger partial charge in [-0.1, -0.05) is 24.7 Å². The molecule has 21 heavy (non-hydrogen) atoms. The highest BCUT2D eigenvalue weighted by molar-refractivity contribution is 7.15. The molecular formula is C12H18ClN5OS2. The number of carbonyl (C=O) groups excluding carboxylic acids is 1. The van der Waals surface area contributed by atoms with Crippen molar-refractivity contribution in [3.63, 3.8) is 0 Å². The maximum Gasteiger partial charge on any atom is 0.276 e. The SMILES string of the molecule is CCCCc1nnc(NC(=O)c2csc(CCN)n2)s1.Cl. The molecule has 0 unspecified atom stereocenters. The van der Waals surface area contributed by atoms with Crippen LogP contribution < -0.4 is 11.1 Å². The van der Waals surface area contributed by atoms with E-state index in [4.69, 9.17) is 5.73 Å². The first kappa shape index (κ1) is 18.0. The lowest BCUT2D eigenvalue weighted by molar-refractivity contribution is 0.102. The van der Waals surface area contributed by atoms with Gasteiger partial charge in [0.2, 0.25) is 5.13 Å². The zero-order valence-electron chi connectivity index (χ0n) is 11.7. The number of unbranched alkanes of at least 4 members (excludes halogenated alkanes) is 1. The fourth-order valence-corrected chi connectivity index (χ4v) is 3.12. The van der Waals surface area contributed by atoms with E-state index in [9.17, 15) is 4.79 Å². The third-order valence-electron chi connectivity index (χ3n) is 2.57. The van der Waals surface area contributed by atoms with Crippen LogP contribution in [-0.2, 0) is 12.8 Å². The summed E-state index contributed by atoms with van der Waals surface area (Å²) in [5.41, 5.74) is 5.87. The molecule has 0 bridgehead atoms. The van der Waals surface area contributed by atoms with Crippen LogP contribution >= 0.6 is 35.1 Å². The van der Waals surface area contributed by atoms with Crippen LogP contribution in [0.15, 0.2) is 5.38 Å². The predicted molar refractivity (Wildman–Crippen MR) is 88.6 cm³/mol. The molecule has 6 nitrogen and oxygen atoms in total. The number of carbonyl (C=O) groups is 1. The second-order valence-corrected chi connectivity index (χ2v) is 6.23. The third-order valence-corrected chi connectivity index (χ3v) is 4.38. The molecule has 0 atom stereocenters. The topological polar surface area (TPSA) is 93.8 Å². The number of amides is 1. The molecule has 3 N–H and O–H groups in total. The van der Waals surface area contributed by atoms with Crippen molar-refractivity contribution in [2.45, 2.75) is 32.6 Å². The van der Waals surface area contributed by atoms with Crippen LogP contribution in [0.1, 0.15) is 40.3 Å². The fourth-order valence-electron chi connectivity index (χ4n) is 1.55. The average molecular weight is 348 g/mol. The van der Waals surface area contributed by atoms with E-state index in [0.717, 1.165) is 29.3 Å². The molecule has 2 aromatic heterocycles. The highest BCUT2D eigenvalue weighted by Crippen LogP contribution is 2.18. The van der Waals surface area contributed by atoms with E-state index in [2.05, 4.69) is 27.4 Å². The Hall–Kier alpha value is -1.09. The molecule has 0 radical (unpaired) electrons. The summed E-state index contributed by atoms with van der Waals surface area (Å²) in [5, 5.41) is 14.8. The average Bonchev–Trinajstić information content (AvgIpc) is 3.06. The van der Waals surface area contributed by atoms with Crippen molar-refractivity contribution in [1.29, 1.82) is 0 Å². The number of aromatic nitrogens is 3. The number of thiazole rings is 1. The van der Waals surface area contributed by atoms with E-state index in [1.54, 1.807) is 5.38 Å². The largest absolute Gasteiger partial charge is 0.330 e. The van der Waals surface area contributed by atoms with Gasteiger partial charge in [0.25, 0.3) is 5.91 Å². The van der Waals surface area contributed by atoms with E-state index in [0.29, 0.717) is 23.8 Å². The monoisotopic (exact) mass is 347 g/mol. The molecule has 0 saturated carbocycles. The minimum atomic E-state index is -0.247. The van der Waals surface area contributed by atoms with Crippen LogP contribution in [0.4, 0.5) is 5.13 Å². The molecule has 9 heteroatoms. The zero-order valence-corrected chi connectivity index (χ0v) is 14.1. The van der Waals surface area contributed by atoms with E-state index >= 15 is 0 Å². The van der Waals surface area contributed by atoms with Gasteiger partial charge in [-0.3, -0.25) is 10.1 Å². The van der Waals surface area contributed by atoms with Gasteiger partial charge in [-0.2, -0.15) is 0 Å². The first-order valence-corrected chi connectivity index (χ1v) is 8.20. The lowest BCUT2D eigenvalue weighted by Gasteiger charge is -1.96. The minimum absolute atomic E-state index is 0. The molecule has 2 heterocycles. The number of nitrogens with one attached hydrogen (secondary N) is 1. The lowest BCUT2D eigenvalue weighted by atomic mass is 10.3. The molecule has 2 aromatic rings. The number of rotatable bonds is 7. The van der Waals surface area contributed by atoms with Gasteiger partial charge in [-0.05, 0) is 13.0 Å². The molecule has 0 aliphatic rings. The van der Waals surface area contributed by atoms with Crippen molar-refractivity contribution in [1.82, 2.24) is 15.2 Å². The van der Waals surface area contributed by atoms with Gasteiger partial charge in [0.05, 0.1) is 5.01 Å². The minimum Gasteiger partial charge on any atom is -0.330 e. The number of hydrogen-bond donors (Lipinski definition) is 2. The zero-order chi connectivity index (χ0) is 14.4. The van der Waals surface area contributed by atoms with Crippen LogP contribution in [0.3, 0.4) is 0 Å². The Kier molecular flexibility index (Phi) is 7.73. The van der Waals surface area contributed by atoms with Gasteiger partial charge in [0, 0.05) is 18.2 Å². The summed E-state index contributed by atoms with van der Waals surface area (Å²) < 4.78 is 0. The molecule has 0 fully saturated rings. The molecule has 0 spiro atoms. The number of nitrogens with two attached hydrogens (primary N) is 1. The molecule has 0 aliphatic carbocycles. The number of aryl methyl sites for hydroxylation is 1. The highest BCUT2D eigenvalue weighted by Gasteiger charge is 2.13. The third kappa shape index (κ3) is 5.31. The first-order valence-electron chi connectivity index (χ1n) is 6.51. The maximum atomic E-state index is 12.0. The number of anilines is 1. The summed E-state index contributed by atoms with van der Waals surface area (Å²) in [6.45, 7) is 2.66. The molecule has 1 amide bonds. The highest BCUT2D eigenvalue weighted by atomic mass is 35.5. The van der Waals surface area contributed by atoms with Crippen LogP contribution in [0.2, 0.25) is 0 Å². The smallest absolute Gasteiger partial charge is 0.276 e. The quantitative estimate of drug-likeness (QED) is 0.802. The van der Waals surface area contributed by atoms with Crippen LogP contribution in [-0.4, -0.2) is 27.6 Å². The van der Waals surface area contributed by atoms with Crippen LogP contribution in [0.5, 0.6) is 0 Å². The Morgan fingerprint density at radius 1 is 1.33 bits per heavy atom. The molecule has 0 aromatic carbocycles. The van der Waals surface area contributed by atoms with Crippen molar-refractivity contribution in [2.24, 2.45) is 5.73 Å². The Bertz CT molecular complexity index is 572. The van der Waals surface area contributed by atoms with E-state index < -0.39 is 0 Å². The number of hydrogen-bond acceptors (Lipinski definition) is 7. The molecule has 0 saturated heterocycles. The van der Waals surface area contributed by atoms with Crippen molar-refractivity contribution in [3.8, 4) is 0 Å². The molecule has 116 valence electrons. The number of nitrogens with zero attached hydrogens (tertiary/aromatic N) is 3. The molecule has 2 rings (SSSR count). The summed E-state index contributed by atoms with van der Waals surface area (Å²) in [7, 11) is 0. The predicted octanol–water partition coefficient (Wildman–Crippen LogP) is 2.51. The van der Waals surface area contributed by atoms with Gasteiger partial charge in [0.15, 0.2) is 0 Å². The summed E-state index contributed by atoms with van der Waals surface area (Å²) in [4.78, 5) is 16.2. The van der Waals surface area contributed by atoms with Crippen molar-refractivity contribution in [3.05, 3.63) is 21.1 Å². The van der Waals surface area contributed by atoms with E-state index in [-0.39, 0.29) is 18.3 Å². The van der Waals surface area contributed by atoms with Crippen LogP contribution in [0.25, 0.3) is 0 Å². The maximum absolute atomic E-state index is 12.0. The van der Waals surface area contributed by atoms with Crippen molar-refractivity contribution >= 4 is 46.1 Å². The van der Waals surface area contributed by atoms with E-state index in [1.165, 1.54) is 22.7 Å². The lowest BCUT2D eigenvalue weighted by Crippen LogP contribution is -2.12. The number of halogens is 1. The molecule has 0 aliphatic heterocycles. The second-order valence-electron chi connectivity index (χ2n) is 4.22. The van der Waals surface area contributed by atoms with Gasteiger partial charge >= 0.3 is 0 Å². The normalized spacial score (nSPS) is 10.2. The van der Waals surface area contributed by atoms with Gasteiger partial charge in [0.1, 0.15) is 10.7 Å². The fraction of sp³-hybridized carbons (Fsp3) is 0.500. The van der Waals surface area contributed by atoms with Crippen LogP contribution in [0, 0.1) is 0 Å². The summed E-state index contributed by atoms with van der Waals surface area (Å²) >= 11 is 2.86. The van der Waals surface area contributed by atoms with Gasteiger partial charge in [-0.15, -0.1) is 33.9 Å². The van der Waals surface area contributed by atoms with E-state index in [1.807, 2.05) is 0 Å². The summed E-state index contributed by atoms with van der Waals surface area (Å²) in [5.74, 6) is -0.247. The summed E-state index contributed by atoms with van der Waals surface area (Å²) in [6, 6.07) is 0. The Balaban J connectivity index is 0.00000220. The Morgan fingerprint density at radius 3 is 2.86 bits per heavy atom. The summed E-state index contributed by atoms with van der Waals surface area (Å²) in [6.07, 6.45) is 3.79. The van der Waals surface area contributed by atoms with Gasteiger partial charge < -0.3 is 5.73 Å². The Morgan fingerprint density at radius 2 is 2.14 bits per heavy atom. The second kappa shape index (κ2) is 9.04. The standard InChI is InChI=1S/C12H17N5OS2.ClH/c1-2-3-4-10-16-17-12(20-10)15-11(18)8-7-19-9(14-8)5-6-13;/h7H,2-6,13H2,1H3,(H,15,17,18);1H. The van der Waals surface area contributed by atoms with Gasteiger partial charge in [-0.25, -0.2) is 4.98 Å². The van der Waals surface area contributed by atoms with Crippen molar-refractivity contribution < 1.29 is 4.79 Å². The first-order chi connectivity index (χ1) is 9.72. The Labute approximate surface area is 137 Å². The van der Waals surface area contributed by atoms with Crippen molar-refractivity contribution in [2.75, 3.05) is 11.9 Å².